The molecule has 114 valence electrons. The van der Waals surface area contributed by atoms with Crippen molar-refractivity contribution in [3.05, 3.63) is 45.9 Å². The first kappa shape index (κ1) is 16.3. The molecule has 21 heavy (non-hydrogen) atoms. The van der Waals surface area contributed by atoms with E-state index in [1.165, 1.54) is 24.4 Å². The standard InChI is InChI=1S/C11H9BrClF2N3O2S/c12-7-1-2-9(8(13)5-7)21(19,20)17-6-10-16-3-4-18(10)11(14)15/h1-5,11,17H,6H2. The van der Waals surface area contributed by atoms with Gasteiger partial charge in [0.05, 0.1) is 11.6 Å². The summed E-state index contributed by atoms with van der Waals surface area (Å²) in [5.74, 6) is -0.0955. The van der Waals surface area contributed by atoms with Crippen LogP contribution in [-0.4, -0.2) is 18.0 Å². The Bertz CT molecular complexity index is 752. The van der Waals surface area contributed by atoms with Crippen LogP contribution in [0.5, 0.6) is 0 Å². The molecule has 0 saturated carbocycles. The lowest BCUT2D eigenvalue weighted by Gasteiger charge is -2.10. The molecule has 0 unspecified atom stereocenters. The first-order chi connectivity index (χ1) is 9.81. The van der Waals surface area contributed by atoms with Crippen LogP contribution >= 0.6 is 27.5 Å². The number of imidazole rings is 1. The summed E-state index contributed by atoms with van der Waals surface area (Å²) in [6, 6.07) is 4.26. The van der Waals surface area contributed by atoms with Crippen molar-refractivity contribution >= 4 is 37.6 Å². The van der Waals surface area contributed by atoms with E-state index in [-0.39, 0.29) is 22.3 Å². The Morgan fingerprint density at radius 1 is 1.43 bits per heavy atom. The van der Waals surface area contributed by atoms with Crippen molar-refractivity contribution in [2.75, 3.05) is 0 Å². The molecule has 10 heteroatoms. The van der Waals surface area contributed by atoms with E-state index < -0.39 is 16.6 Å². The number of benzene rings is 1. The molecule has 0 saturated heterocycles. The molecule has 2 rings (SSSR count). The topological polar surface area (TPSA) is 64.0 Å². The van der Waals surface area contributed by atoms with Gasteiger partial charge in [0.1, 0.15) is 10.7 Å². The van der Waals surface area contributed by atoms with E-state index in [1.54, 1.807) is 0 Å². The van der Waals surface area contributed by atoms with Gasteiger partial charge in [0.25, 0.3) is 0 Å². The van der Waals surface area contributed by atoms with Gasteiger partial charge in [-0.25, -0.2) is 18.1 Å². The fourth-order valence-electron chi connectivity index (χ4n) is 1.59. The summed E-state index contributed by atoms with van der Waals surface area (Å²) in [5, 5.41) is 0.0223. The van der Waals surface area contributed by atoms with Crippen LogP contribution in [0.4, 0.5) is 8.78 Å². The minimum atomic E-state index is -3.93. The van der Waals surface area contributed by atoms with Gasteiger partial charge in [0, 0.05) is 16.9 Å². The molecule has 1 heterocycles. The summed E-state index contributed by atoms with van der Waals surface area (Å²) in [6.07, 6.45) is 2.24. The fourth-order valence-corrected chi connectivity index (χ4v) is 3.60. The van der Waals surface area contributed by atoms with Crippen LogP contribution in [0.1, 0.15) is 12.4 Å². The van der Waals surface area contributed by atoms with Crippen molar-refractivity contribution in [3.63, 3.8) is 0 Å². The predicted molar refractivity (Wildman–Crippen MR) is 76.7 cm³/mol. The van der Waals surface area contributed by atoms with Crippen molar-refractivity contribution in [1.82, 2.24) is 14.3 Å². The highest BCUT2D eigenvalue weighted by atomic mass is 79.9. The molecule has 1 N–H and O–H groups in total. The Morgan fingerprint density at radius 2 is 2.14 bits per heavy atom. The summed E-state index contributed by atoms with van der Waals surface area (Å²) < 4.78 is 52.9. The second-order valence-electron chi connectivity index (χ2n) is 3.93. The Hall–Kier alpha value is -1.03. The third kappa shape index (κ3) is 3.79. The van der Waals surface area contributed by atoms with Gasteiger partial charge in [-0.2, -0.15) is 8.78 Å². The summed E-state index contributed by atoms with van der Waals surface area (Å²) in [5.41, 5.74) is 0. The lowest BCUT2D eigenvalue weighted by molar-refractivity contribution is 0.0669. The van der Waals surface area contributed by atoms with E-state index in [0.29, 0.717) is 9.04 Å². The molecule has 0 atom stereocenters. The molecule has 0 bridgehead atoms. The summed E-state index contributed by atoms with van der Waals surface area (Å²) in [6.45, 7) is -3.16. The van der Waals surface area contributed by atoms with Crippen LogP contribution in [0.15, 0.2) is 40.0 Å². The van der Waals surface area contributed by atoms with Crippen LogP contribution in [0.2, 0.25) is 5.02 Å². The quantitative estimate of drug-likeness (QED) is 0.838. The zero-order valence-electron chi connectivity index (χ0n) is 10.3. The first-order valence-corrected chi connectivity index (χ1v) is 8.21. The average Bonchev–Trinajstić information content (AvgIpc) is 2.84. The maximum atomic E-state index is 12.6. The molecule has 0 aliphatic heterocycles. The highest BCUT2D eigenvalue weighted by Gasteiger charge is 2.19. The normalized spacial score (nSPS) is 12.0. The number of aromatic nitrogens is 2. The van der Waals surface area contributed by atoms with Crippen molar-refractivity contribution in [3.8, 4) is 0 Å². The SMILES string of the molecule is O=S(=O)(NCc1nccn1C(F)F)c1ccc(Br)cc1Cl. The molecule has 0 radical (unpaired) electrons. The predicted octanol–water partition coefficient (Wildman–Crippen LogP) is 3.17. The maximum absolute atomic E-state index is 12.6. The number of hydrogen-bond acceptors (Lipinski definition) is 3. The van der Waals surface area contributed by atoms with E-state index in [2.05, 4.69) is 25.6 Å². The first-order valence-electron chi connectivity index (χ1n) is 5.56. The second-order valence-corrected chi connectivity index (χ2v) is 6.99. The molecular weight excluding hydrogens is 392 g/mol. The number of nitrogens with zero attached hydrogens (tertiary/aromatic N) is 2. The van der Waals surface area contributed by atoms with Crippen LogP contribution < -0.4 is 4.72 Å². The Balaban J connectivity index is 2.20. The Labute approximate surface area is 133 Å². The summed E-state index contributed by atoms with van der Waals surface area (Å²) >= 11 is 9.03. The molecule has 1 aromatic carbocycles. The van der Waals surface area contributed by atoms with E-state index >= 15 is 0 Å². The van der Waals surface area contributed by atoms with Gasteiger partial charge in [-0.15, -0.1) is 0 Å². The fraction of sp³-hybridized carbons (Fsp3) is 0.182. The van der Waals surface area contributed by atoms with Gasteiger partial charge in [-0.1, -0.05) is 27.5 Å². The third-order valence-corrected chi connectivity index (χ3v) is 4.94. The van der Waals surface area contributed by atoms with Crippen molar-refractivity contribution < 1.29 is 17.2 Å². The molecule has 2 aromatic rings. The van der Waals surface area contributed by atoms with Gasteiger partial charge in [-0.3, -0.25) is 4.57 Å². The van der Waals surface area contributed by atoms with Gasteiger partial charge in [0.2, 0.25) is 10.0 Å². The van der Waals surface area contributed by atoms with Crippen LogP contribution in [0.3, 0.4) is 0 Å². The lowest BCUT2D eigenvalue weighted by atomic mass is 10.4. The summed E-state index contributed by atoms with van der Waals surface area (Å²) in [7, 11) is -3.93. The van der Waals surface area contributed by atoms with Crippen molar-refractivity contribution in [2.45, 2.75) is 18.0 Å². The van der Waals surface area contributed by atoms with E-state index in [1.807, 2.05) is 0 Å². The average molecular weight is 401 g/mol. The van der Waals surface area contributed by atoms with Gasteiger partial charge < -0.3 is 0 Å². The van der Waals surface area contributed by atoms with Crippen molar-refractivity contribution in [1.29, 1.82) is 0 Å². The molecule has 0 aliphatic carbocycles. The molecule has 0 spiro atoms. The molecule has 0 amide bonds. The van der Waals surface area contributed by atoms with Crippen LogP contribution in [0, 0.1) is 0 Å². The number of halogens is 4. The maximum Gasteiger partial charge on any atom is 0.319 e. The molecule has 1 aromatic heterocycles. The van der Waals surface area contributed by atoms with E-state index in [4.69, 9.17) is 11.6 Å². The molecule has 0 fully saturated rings. The largest absolute Gasteiger partial charge is 0.319 e. The number of alkyl halides is 2. The number of nitrogens with one attached hydrogen (secondary N) is 1. The minimum absolute atomic E-state index is 0.0223. The lowest BCUT2D eigenvalue weighted by Crippen LogP contribution is -2.25. The molecular formula is C11H9BrClF2N3O2S. The van der Waals surface area contributed by atoms with E-state index in [0.717, 1.165) is 6.20 Å². The van der Waals surface area contributed by atoms with E-state index in [9.17, 15) is 17.2 Å². The number of rotatable bonds is 5. The third-order valence-electron chi connectivity index (χ3n) is 2.56. The summed E-state index contributed by atoms with van der Waals surface area (Å²) in [4.78, 5) is 3.55. The minimum Gasteiger partial charge on any atom is -0.277 e. The van der Waals surface area contributed by atoms with Gasteiger partial charge in [0.15, 0.2) is 0 Å². The Kier molecular flexibility index (Phi) is 4.97. The zero-order valence-corrected chi connectivity index (χ0v) is 13.5. The molecule has 5 nitrogen and oxygen atoms in total. The molecule has 0 aliphatic rings. The highest BCUT2D eigenvalue weighted by Crippen LogP contribution is 2.25. The zero-order chi connectivity index (χ0) is 15.6. The van der Waals surface area contributed by atoms with Gasteiger partial charge >= 0.3 is 6.55 Å². The van der Waals surface area contributed by atoms with Crippen LogP contribution in [-0.2, 0) is 16.6 Å². The number of hydrogen-bond donors (Lipinski definition) is 1. The smallest absolute Gasteiger partial charge is 0.277 e. The number of sulfonamides is 1. The highest BCUT2D eigenvalue weighted by molar-refractivity contribution is 9.10. The van der Waals surface area contributed by atoms with Gasteiger partial charge in [-0.05, 0) is 18.2 Å². The van der Waals surface area contributed by atoms with Crippen LogP contribution in [0.25, 0.3) is 0 Å². The Morgan fingerprint density at radius 3 is 2.76 bits per heavy atom. The second kappa shape index (κ2) is 6.39. The monoisotopic (exact) mass is 399 g/mol. The van der Waals surface area contributed by atoms with Crippen molar-refractivity contribution in [2.24, 2.45) is 0 Å².